The van der Waals surface area contributed by atoms with E-state index in [-0.39, 0.29) is 18.9 Å². The summed E-state index contributed by atoms with van der Waals surface area (Å²) >= 11 is 0. The molecule has 1 rings (SSSR count). The van der Waals surface area contributed by atoms with Crippen LogP contribution in [-0.4, -0.2) is 30.6 Å². The molecule has 2 N–H and O–H groups in total. The quantitative estimate of drug-likeness (QED) is 0.816. The van der Waals surface area contributed by atoms with Gasteiger partial charge in [0.05, 0.1) is 7.11 Å². The molecule has 0 unspecified atom stereocenters. The number of rotatable bonds is 6. The van der Waals surface area contributed by atoms with Gasteiger partial charge in [0.1, 0.15) is 12.3 Å². The minimum absolute atomic E-state index is 0.254. The second-order valence-corrected chi connectivity index (χ2v) is 4.42. The van der Waals surface area contributed by atoms with E-state index in [0.717, 1.165) is 22.4 Å². The molecule has 0 atom stereocenters. The molecule has 0 aliphatic carbocycles. The maximum atomic E-state index is 11.4. The van der Waals surface area contributed by atoms with Gasteiger partial charge in [0.25, 0.3) is 0 Å². The maximum absolute atomic E-state index is 11.4. The zero-order valence-corrected chi connectivity index (χ0v) is 11.4. The molecule has 19 heavy (non-hydrogen) atoms. The molecule has 0 fully saturated rings. The van der Waals surface area contributed by atoms with Gasteiger partial charge in [0.15, 0.2) is 0 Å². The van der Waals surface area contributed by atoms with Crippen LogP contribution in [0.3, 0.4) is 0 Å². The van der Waals surface area contributed by atoms with Crippen LogP contribution in [0, 0.1) is 13.8 Å². The molecule has 5 nitrogen and oxygen atoms in total. The molecule has 0 spiro atoms. The zero-order valence-electron chi connectivity index (χ0n) is 11.4. The molecule has 0 aromatic heterocycles. The van der Waals surface area contributed by atoms with Crippen molar-refractivity contribution in [1.82, 2.24) is 5.32 Å². The van der Waals surface area contributed by atoms with Gasteiger partial charge in [0, 0.05) is 6.42 Å². The predicted molar refractivity (Wildman–Crippen MR) is 71.4 cm³/mol. The Balaban J connectivity index is 2.60. The maximum Gasteiger partial charge on any atom is 0.322 e. The van der Waals surface area contributed by atoms with Crippen molar-refractivity contribution in [3.05, 3.63) is 28.8 Å². The number of amides is 1. The first-order valence-corrected chi connectivity index (χ1v) is 6.06. The van der Waals surface area contributed by atoms with E-state index in [2.05, 4.69) is 5.32 Å². The molecule has 0 saturated heterocycles. The van der Waals surface area contributed by atoms with Gasteiger partial charge in [-0.1, -0.05) is 6.07 Å². The lowest BCUT2D eigenvalue weighted by Crippen LogP contribution is -2.29. The Morgan fingerprint density at radius 3 is 2.53 bits per heavy atom. The third-order valence-electron chi connectivity index (χ3n) is 2.91. The van der Waals surface area contributed by atoms with Crippen LogP contribution in [0.15, 0.2) is 12.1 Å². The fourth-order valence-electron chi connectivity index (χ4n) is 1.85. The number of carboxylic acid groups (broad SMARTS) is 1. The number of carbonyl (C=O) groups excluding carboxylic acids is 1. The van der Waals surface area contributed by atoms with E-state index in [1.807, 2.05) is 26.0 Å². The standard InChI is InChI=1S/C14H19NO4/c1-9-7-12(19-3)10(2)6-11(9)4-5-13(16)15-8-14(17)18/h6-7H,4-5,8H2,1-3H3,(H,15,16)(H,17,18). The first-order valence-electron chi connectivity index (χ1n) is 6.06. The van der Waals surface area contributed by atoms with E-state index in [1.54, 1.807) is 7.11 Å². The van der Waals surface area contributed by atoms with Crippen molar-refractivity contribution in [3.8, 4) is 5.75 Å². The number of benzene rings is 1. The van der Waals surface area contributed by atoms with Crippen LogP contribution in [0.4, 0.5) is 0 Å². The van der Waals surface area contributed by atoms with Crippen molar-refractivity contribution in [2.75, 3.05) is 13.7 Å². The van der Waals surface area contributed by atoms with Crippen LogP contribution in [0.25, 0.3) is 0 Å². The summed E-state index contributed by atoms with van der Waals surface area (Å²) in [5.41, 5.74) is 3.16. The fourth-order valence-corrected chi connectivity index (χ4v) is 1.85. The SMILES string of the molecule is COc1cc(C)c(CCC(=O)NCC(=O)O)cc1C. The Hall–Kier alpha value is -2.04. The van der Waals surface area contributed by atoms with Crippen LogP contribution >= 0.6 is 0 Å². The second kappa shape index (κ2) is 6.78. The molecule has 0 aliphatic rings. The van der Waals surface area contributed by atoms with Crippen LogP contribution in [0.2, 0.25) is 0 Å². The van der Waals surface area contributed by atoms with Gasteiger partial charge >= 0.3 is 5.97 Å². The third-order valence-corrected chi connectivity index (χ3v) is 2.91. The lowest BCUT2D eigenvalue weighted by molar-refractivity contribution is -0.137. The fraction of sp³-hybridized carbons (Fsp3) is 0.429. The van der Waals surface area contributed by atoms with Gasteiger partial charge < -0.3 is 15.2 Å². The van der Waals surface area contributed by atoms with Gasteiger partial charge in [-0.05, 0) is 43.0 Å². The van der Waals surface area contributed by atoms with Gasteiger partial charge in [-0.3, -0.25) is 9.59 Å². The summed E-state index contributed by atoms with van der Waals surface area (Å²) in [5.74, 6) is -0.461. The molecule has 104 valence electrons. The number of ether oxygens (including phenoxy) is 1. The average Bonchev–Trinajstić information content (AvgIpc) is 2.36. The lowest BCUT2D eigenvalue weighted by Gasteiger charge is -2.11. The topological polar surface area (TPSA) is 75.6 Å². The number of nitrogens with one attached hydrogen (secondary N) is 1. The summed E-state index contributed by atoms with van der Waals surface area (Å²) in [7, 11) is 1.63. The Labute approximate surface area is 112 Å². The minimum atomic E-state index is -1.04. The van der Waals surface area contributed by atoms with E-state index in [9.17, 15) is 9.59 Å². The Morgan fingerprint density at radius 2 is 1.95 bits per heavy atom. The van der Waals surface area contributed by atoms with Crippen molar-refractivity contribution in [1.29, 1.82) is 0 Å². The van der Waals surface area contributed by atoms with Crippen LogP contribution in [-0.2, 0) is 16.0 Å². The normalized spacial score (nSPS) is 10.1. The molecule has 0 radical (unpaired) electrons. The van der Waals surface area contributed by atoms with Gasteiger partial charge in [0.2, 0.25) is 5.91 Å². The van der Waals surface area contributed by atoms with Crippen LogP contribution in [0.1, 0.15) is 23.1 Å². The second-order valence-electron chi connectivity index (χ2n) is 4.42. The number of hydrogen-bond donors (Lipinski definition) is 2. The zero-order chi connectivity index (χ0) is 14.4. The minimum Gasteiger partial charge on any atom is -0.496 e. The van der Waals surface area contributed by atoms with E-state index >= 15 is 0 Å². The average molecular weight is 265 g/mol. The number of hydrogen-bond acceptors (Lipinski definition) is 3. The highest BCUT2D eigenvalue weighted by molar-refractivity contribution is 5.81. The summed E-state index contributed by atoms with van der Waals surface area (Å²) in [4.78, 5) is 21.8. The smallest absolute Gasteiger partial charge is 0.322 e. The van der Waals surface area contributed by atoms with E-state index in [4.69, 9.17) is 9.84 Å². The summed E-state index contributed by atoms with van der Waals surface area (Å²) in [5, 5.41) is 10.8. The highest BCUT2D eigenvalue weighted by Gasteiger charge is 2.08. The van der Waals surface area contributed by atoms with Gasteiger partial charge in [-0.2, -0.15) is 0 Å². The molecule has 1 aromatic rings. The Morgan fingerprint density at radius 1 is 1.26 bits per heavy atom. The van der Waals surface area contributed by atoms with Crippen LogP contribution in [0.5, 0.6) is 5.75 Å². The van der Waals surface area contributed by atoms with E-state index in [1.165, 1.54) is 0 Å². The predicted octanol–water partition coefficient (Wildman–Crippen LogP) is 1.45. The first-order chi connectivity index (χ1) is 8.93. The third kappa shape index (κ3) is 4.62. The van der Waals surface area contributed by atoms with E-state index < -0.39 is 5.97 Å². The number of carboxylic acids is 1. The Bertz CT molecular complexity index is 483. The van der Waals surface area contributed by atoms with Crippen molar-refractivity contribution in [3.63, 3.8) is 0 Å². The van der Waals surface area contributed by atoms with Crippen molar-refractivity contribution in [2.45, 2.75) is 26.7 Å². The molecular formula is C14H19NO4. The monoisotopic (exact) mass is 265 g/mol. The highest BCUT2D eigenvalue weighted by Crippen LogP contribution is 2.23. The number of methoxy groups -OCH3 is 1. The molecular weight excluding hydrogens is 246 g/mol. The van der Waals surface area contributed by atoms with E-state index in [0.29, 0.717) is 6.42 Å². The summed E-state index contributed by atoms with van der Waals surface area (Å²) < 4.78 is 5.23. The molecule has 5 heteroatoms. The Kier molecular flexibility index (Phi) is 5.36. The molecule has 0 bridgehead atoms. The van der Waals surface area contributed by atoms with Crippen molar-refractivity contribution < 1.29 is 19.4 Å². The van der Waals surface area contributed by atoms with Gasteiger partial charge in [-0.15, -0.1) is 0 Å². The summed E-state index contributed by atoms with van der Waals surface area (Å²) in [6.07, 6.45) is 0.863. The molecule has 0 saturated carbocycles. The number of carbonyl (C=O) groups is 2. The van der Waals surface area contributed by atoms with Crippen molar-refractivity contribution in [2.24, 2.45) is 0 Å². The largest absolute Gasteiger partial charge is 0.496 e. The number of aliphatic carboxylic acids is 1. The van der Waals surface area contributed by atoms with Gasteiger partial charge in [-0.25, -0.2) is 0 Å². The summed E-state index contributed by atoms with van der Waals surface area (Å²) in [6.45, 7) is 3.58. The highest BCUT2D eigenvalue weighted by atomic mass is 16.5. The summed E-state index contributed by atoms with van der Waals surface area (Å²) in [6, 6.07) is 3.94. The molecule has 1 aromatic carbocycles. The number of aryl methyl sites for hydroxylation is 3. The van der Waals surface area contributed by atoms with Crippen LogP contribution < -0.4 is 10.1 Å². The molecule has 1 amide bonds. The first kappa shape index (κ1) is 15.0. The molecule has 0 heterocycles. The lowest BCUT2D eigenvalue weighted by atomic mass is 10.0. The van der Waals surface area contributed by atoms with Crippen molar-refractivity contribution >= 4 is 11.9 Å². The molecule has 0 aliphatic heterocycles.